The Morgan fingerprint density at radius 1 is 1.41 bits per heavy atom. The second kappa shape index (κ2) is 4.84. The lowest BCUT2D eigenvalue weighted by Gasteiger charge is -2.06. The lowest BCUT2D eigenvalue weighted by molar-refractivity contribution is 0.373. The number of aromatic nitrogens is 3. The minimum atomic E-state index is -0.109. The molecule has 7 heteroatoms. The standard InChI is InChI=1S/C10H9ClN4O2/c1-17-8-3-2-7(9(11)10(8)16)4-14-15-5-12-13-6-15/h2-6,16H,1H3/b14-4-. The van der Waals surface area contributed by atoms with Crippen molar-refractivity contribution in [3.8, 4) is 11.5 Å². The average Bonchev–Trinajstić information content (AvgIpc) is 2.84. The van der Waals surface area contributed by atoms with E-state index in [1.165, 1.54) is 30.7 Å². The molecule has 1 heterocycles. The van der Waals surface area contributed by atoms with Crippen LogP contribution in [0.5, 0.6) is 11.5 Å². The number of rotatable bonds is 3. The zero-order valence-electron chi connectivity index (χ0n) is 8.91. The predicted molar refractivity (Wildman–Crippen MR) is 62.7 cm³/mol. The van der Waals surface area contributed by atoms with E-state index in [0.717, 1.165) is 0 Å². The Morgan fingerprint density at radius 2 is 2.12 bits per heavy atom. The zero-order chi connectivity index (χ0) is 12.3. The molecule has 1 aromatic heterocycles. The molecule has 0 aliphatic rings. The van der Waals surface area contributed by atoms with E-state index >= 15 is 0 Å². The first kappa shape index (κ1) is 11.4. The summed E-state index contributed by atoms with van der Waals surface area (Å²) in [4.78, 5) is 0. The largest absolute Gasteiger partial charge is 0.503 e. The van der Waals surface area contributed by atoms with E-state index in [0.29, 0.717) is 11.3 Å². The van der Waals surface area contributed by atoms with E-state index in [-0.39, 0.29) is 10.8 Å². The SMILES string of the molecule is COc1ccc(/C=N\n2cnnc2)c(Cl)c1O. The van der Waals surface area contributed by atoms with Crippen LogP contribution in [0, 0.1) is 0 Å². The first-order chi connectivity index (χ1) is 8.22. The van der Waals surface area contributed by atoms with Gasteiger partial charge in [-0.25, -0.2) is 4.68 Å². The van der Waals surface area contributed by atoms with Gasteiger partial charge in [-0.05, 0) is 12.1 Å². The Balaban J connectivity index is 2.31. The van der Waals surface area contributed by atoms with Crippen LogP contribution < -0.4 is 4.74 Å². The summed E-state index contributed by atoms with van der Waals surface area (Å²) in [5.41, 5.74) is 0.568. The van der Waals surface area contributed by atoms with Crippen LogP contribution in [0.1, 0.15) is 5.56 Å². The Kier molecular flexibility index (Phi) is 3.24. The van der Waals surface area contributed by atoms with Crippen LogP contribution in [-0.2, 0) is 0 Å². The zero-order valence-corrected chi connectivity index (χ0v) is 9.66. The molecule has 0 aliphatic carbocycles. The number of methoxy groups -OCH3 is 1. The van der Waals surface area contributed by atoms with E-state index in [9.17, 15) is 5.11 Å². The van der Waals surface area contributed by atoms with E-state index in [1.54, 1.807) is 12.1 Å². The fourth-order valence-corrected chi connectivity index (χ4v) is 1.42. The number of aromatic hydroxyl groups is 1. The summed E-state index contributed by atoms with van der Waals surface area (Å²) in [7, 11) is 1.45. The van der Waals surface area contributed by atoms with Gasteiger partial charge in [0.25, 0.3) is 0 Å². The highest BCUT2D eigenvalue weighted by molar-refractivity contribution is 6.34. The monoisotopic (exact) mass is 252 g/mol. The minimum Gasteiger partial charge on any atom is -0.503 e. The number of hydrogen-bond donors (Lipinski definition) is 1. The lowest BCUT2D eigenvalue weighted by atomic mass is 10.2. The lowest BCUT2D eigenvalue weighted by Crippen LogP contribution is -1.91. The van der Waals surface area contributed by atoms with Gasteiger partial charge in [-0.2, -0.15) is 5.10 Å². The van der Waals surface area contributed by atoms with Crippen LogP contribution in [0.25, 0.3) is 0 Å². The van der Waals surface area contributed by atoms with Crippen LogP contribution >= 0.6 is 11.6 Å². The quantitative estimate of drug-likeness (QED) is 0.841. The van der Waals surface area contributed by atoms with Crippen molar-refractivity contribution >= 4 is 17.8 Å². The van der Waals surface area contributed by atoms with Crippen molar-refractivity contribution in [1.82, 2.24) is 14.9 Å². The Hall–Kier alpha value is -2.08. The number of phenolic OH excluding ortho intramolecular Hbond substituents is 1. The van der Waals surface area contributed by atoms with Gasteiger partial charge in [0, 0.05) is 5.56 Å². The summed E-state index contributed by atoms with van der Waals surface area (Å²) < 4.78 is 6.34. The van der Waals surface area contributed by atoms with Gasteiger partial charge in [0.1, 0.15) is 12.7 Å². The predicted octanol–water partition coefficient (Wildman–Crippen LogP) is 1.53. The normalized spacial score (nSPS) is 10.9. The van der Waals surface area contributed by atoms with E-state index in [2.05, 4.69) is 15.3 Å². The highest BCUT2D eigenvalue weighted by Crippen LogP contribution is 2.35. The van der Waals surface area contributed by atoms with Gasteiger partial charge >= 0.3 is 0 Å². The molecule has 0 bridgehead atoms. The molecule has 6 nitrogen and oxygen atoms in total. The van der Waals surface area contributed by atoms with Gasteiger partial charge in [0.05, 0.1) is 18.3 Å². The Labute approximate surface area is 102 Å². The minimum absolute atomic E-state index is 0.109. The van der Waals surface area contributed by atoms with Gasteiger partial charge < -0.3 is 9.84 Å². The Morgan fingerprint density at radius 3 is 2.76 bits per heavy atom. The molecular formula is C10H9ClN4O2. The summed E-state index contributed by atoms with van der Waals surface area (Å²) in [6.45, 7) is 0. The second-order valence-electron chi connectivity index (χ2n) is 3.11. The maximum absolute atomic E-state index is 9.69. The molecular weight excluding hydrogens is 244 g/mol. The van der Waals surface area contributed by atoms with Gasteiger partial charge in [-0.15, -0.1) is 10.2 Å². The molecule has 0 fully saturated rings. The molecule has 1 N–H and O–H groups in total. The molecule has 0 spiro atoms. The van der Waals surface area contributed by atoms with Crippen molar-refractivity contribution in [3.63, 3.8) is 0 Å². The van der Waals surface area contributed by atoms with Crippen molar-refractivity contribution in [2.24, 2.45) is 5.10 Å². The van der Waals surface area contributed by atoms with Crippen LogP contribution in [0.3, 0.4) is 0 Å². The summed E-state index contributed by atoms with van der Waals surface area (Å²) >= 11 is 5.96. The molecule has 0 amide bonds. The summed E-state index contributed by atoms with van der Waals surface area (Å²) in [5.74, 6) is 0.207. The first-order valence-corrected chi connectivity index (χ1v) is 5.04. The molecule has 0 aliphatic heterocycles. The van der Waals surface area contributed by atoms with Crippen LogP contribution in [0.4, 0.5) is 0 Å². The van der Waals surface area contributed by atoms with E-state index in [1.807, 2.05) is 0 Å². The van der Waals surface area contributed by atoms with E-state index in [4.69, 9.17) is 16.3 Å². The molecule has 0 atom stereocenters. The van der Waals surface area contributed by atoms with Crippen LogP contribution in [0.15, 0.2) is 29.9 Å². The van der Waals surface area contributed by atoms with Crippen molar-refractivity contribution in [1.29, 1.82) is 0 Å². The highest BCUT2D eigenvalue weighted by Gasteiger charge is 2.09. The topological polar surface area (TPSA) is 72.5 Å². The molecule has 2 aromatic rings. The number of nitrogens with zero attached hydrogens (tertiary/aromatic N) is 4. The third-order valence-corrected chi connectivity index (χ3v) is 2.46. The number of ether oxygens (including phenoxy) is 1. The van der Waals surface area contributed by atoms with Gasteiger partial charge in [0.2, 0.25) is 0 Å². The third-order valence-electron chi connectivity index (χ3n) is 2.07. The maximum Gasteiger partial charge on any atom is 0.177 e. The molecule has 0 saturated carbocycles. The number of benzene rings is 1. The molecule has 88 valence electrons. The average molecular weight is 253 g/mol. The molecule has 0 unspecified atom stereocenters. The van der Waals surface area contributed by atoms with E-state index < -0.39 is 0 Å². The number of halogens is 1. The number of phenols is 1. The maximum atomic E-state index is 9.69. The van der Waals surface area contributed by atoms with Gasteiger partial charge in [0.15, 0.2) is 11.5 Å². The van der Waals surface area contributed by atoms with Crippen molar-refractivity contribution in [2.45, 2.75) is 0 Å². The second-order valence-corrected chi connectivity index (χ2v) is 3.48. The van der Waals surface area contributed by atoms with Gasteiger partial charge in [-0.3, -0.25) is 0 Å². The molecule has 0 radical (unpaired) electrons. The summed E-state index contributed by atoms with van der Waals surface area (Å²) in [5, 5.41) is 21.1. The summed E-state index contributed by atoms with van der Waals surface area (Å²) in [6.07, 6.45) is 4.37. The van der Waals surface area contributed by atoms with Crippen molar-refractivity contribution in [3.05, 3.63) is 35.4 Å². The molecule has 2 rings (SSSR count). The van der Waals surface area contributed by atoms with Crippen LogP contribution in [0.2, 0.25) is 5.02 Å². The molecule has 0 saturated heterocycles. The fourth-order valence-electron chi connectivity index (χ4n) is 1.21. The Bertz CT molecular complexity index is 539. The molecule has 17 heavy (non-hydrogen) atoms. The van der Waals surface area contributed by atoms with Crippen LogP contribution in [-0.4, -0.2) is 33.3 Å². The fraction of sp³-hybridized carbons (Fsp3) is 0.100. The van der Waals surface area contributed by atoms with Crippen molar-refractivity contribution < 1.29 is 9.84 Å². The summed E-state index contributed by atoms with van der Waals surface area (Å²) in [6, 6.07) is 3.30. The molecule has 1 aromatic carbocycles. The van der Waals surface area contributed by atoms with Gasteiger partial charge in [-0.1, -0.05) is 11.6 Å². The van der Waals surface area contributed by atoms with Crippen molar-refractivity contribution in [2.75, 3.05) is 7.11 Å². The first-order valence-electron chi connectivity index (χ1n) is 4.67. The highest BCUT2D eigenvalue weighted by atomic mass is 35.5. The third kappa shape index (κ3) is 2.36. The smallest absolute Gasteiger partial charge is 0.177 e. The number of hydrogen-bond acceptors (Lipinski definition) is 5.